The van der Waals surface area contributed by atoms with Gasteiger partial charge < -0.3 is 14.8 Å². The lowest BCUT2D eigenvalue weighted by molar-refractivity contribution is -0.119. The van der Waals surface area contributed by atoms with Gasteiger partial charge in [0.1, 0.15) is 11.8 Å². The van der Waals surface area contributed by atoms with Gasteiger partial charge in [0.25, 0.3) is 5.56 Å². The van der Waals surface area contributed by atoms with Crippen molar-refractivity contribution in [1.29, 1.82) is 0 Å². The van der Waals surface area contributed by atoms with Gasteiger partial charge in [-0.05, 0) is 75.4 Å². The Morgan fingerprint density at radius 1 is 0.969 bits per heavy atom. The van der Waals surface area contributed by atoms with Crippen LogP contribution in [0, 0.1) is 0 Å². The highest BCUT2D eigenvalue weighted by Crippen LogP contribution is 2.20. The fraction of sp³-hybridized carbons (Fsp3) is 0.250. The number of carbonyl (C=O) groups is 2. The zero-order chi connectivity index (χ0) is 23.1. The van der Waals surface area contributed by atoms with Crippen molar-refractivity contribution in [2.75, 3.05) is 18.5 Å². The summed E-state index contributed by atoms with van der Waals surface area (Å²) in [7, 11) is 0. The normalized spacial score (nSPS) is 11.5. The molecule has 166 valence electrons. The molecule has 1 amide bonds. The van der Waals surface area contributed by atoms with Gasteiger partial charge >= 0.3 is 5.97 Å². The van der Waals surface area contributed by atoms with E-state index in [9.17, 15) is 14.4 Å². The lowest BCUT2D eigenvalue weighted by Crippen LogP contribution is -2.33. The summed E-state index contributed by atoms with van der Waals surface area (Å²) in [6.45, 7) is 6.09. The summed E-state index contributed by atoms with van der Waals surface area (Å²) in [5.41, 5.74) is 1.85. The summed E-state index contributed by atoms with van der Waals surface area (Å²) in [4.78, 5) is 36.8. The molecule has 3 rings (SSSR count). The second-order valence-corrected chi connectivity index (χ2v) is 6.92. The van der Waals surface area contributed by atoms with E-state index < -0.39 is 17.9 Å². The van der Waals surface area contributed by atoms with Gasteiger partial charge in [0, 0.05) is 17.3 Å². The van der Waals surface area contributed by atoms with Crippen molar-refractivity contribution in [1.82, 2.24) is 9.78 Å². The van der Waals surface area contributed by atoms with Crippen LogP contribution in [0.15, 0.2) is 65.5 Å². The third-order valence-corrected chi connectivity index (χ3v) is 4.70. The van der Waals surface area contributed by atoms with Crippen LogP contribution in [-0.2, 0) is 9.53 Å². The van der Waals surface area contributed by atoms with Crippen LogP contribution in [-0.4, -0.2) is 34.9 Å². The minimum Gasteiger partial charge on any atom is -0.494 e. The smallest absolute Gasteiger partial charge is 0.338 e. The quantitative estimate of drug-likeness (QED) is 0.542. The lowest BCUT2D eigenvalue weighted by Gasteiger charge is -2.15. The molecule has 2 aromatic carbocycles. The van der Waals surface area contributed by atoms with E-state index in [-0.39, 0.29) is 12.2 Å². The monoisotopic (exact) mass is 435 g/mol. The molecule has 0 saturated heterocycles. The number of ether oxygens (including phenoxy) is 2. The highest BCUT2D eigenvalue weighted by atomic mass is 16.5. The zero-order valence-corrected chi connectivity index (χ0v) is 18.2. The Morgan fingerprint density at radius 2 is 1.66 bits per heavy atom. The predicted molar refractivity (Wildman–Crippen MR) is 121 cm³/mol. The Hall–Kier alpha value is -3.94. The number of anilines is 1. The molecule has 3 aromatic rings. The molecular weight excluding hydrogens is 410 g/mol. The van der Waals surface area contributed by atoms with E-state index in [1.165, 1.54) is 6.07 Å². The van der Waals surface area contributed by atoms with Crippen LogP contribution in [0.4, 0.5) is 5.69 Å². The molecule has 32 heavy (non-hydrogen) atoms. The van der Waals surface area contributed by atoms with Gasteiger partial charge in [-0.3, -0.25) is 9.59 Å². The highest BCUT2D eigenvalue weighted by Gasteiger charge is 2.18. The second kappa shape index (κ2) is 10.4. The van der Waals surface area contributed by atoms with Crippen LogP contribution < -0.4 is 15.6 Å². The summed E-state index contributed by atoms with van der Waals surface area (Å²) < 4.78 is 11.5. The molecule has 0 saturated carbocycles. The van der Waals surface area contributed by atoms with Gasteiger partial charge in [0.15, 0.2) is 0 Å². The molecule has 1 atom stereocenters. The molecule has 0 aliphatic heterocycles. The maximum absolute atomic E-state index is 12.7. The fourth-order valence-electron chi connectivity index (χ4n) is 3.01. The highest BCUT2D eigenvalue weighted by molar-refractivity contribution is 5.94. The molecule has 1 N–H and O–H groups in total. The molecule has 8 nitrogen and oxygen atoms in total. The maximum atomic E-state index is 12.7. The summed E-state index contributed by atoms with van der Waals surface area (Å²) in [5, 5.41) is 7.12. The first-order valence-electron chi connectivity index (χ1n) is 10.3. The molecule has 1 heterocycles. The number of aromatic nitrogens is 2. The number of esters is 1. The SMILES string of the molecule is CCOC(=O)c1ccc(NC(=O)C(C)n2nc(-c3ccc(OCC)cc3)ccc2=O)cc1. The first-order valence-corrected chi connectivity index (χ1v) is 10.3. The molecule has 0 aliphatic rings. The van der Waals surface area contributed by atoms with Crippen molar-refractivity contribution in [2.24, 2.45) is 0 Å². The van der Waals surface area contributed by atoms with E-state index in [2.05, 4.69) is 10.4 Å². The number of benzene rings is 2. The average Bonchev–Trinajstić information content (AvgIpc) is 2.80. The van der Waals surface area contributed by atoms with Crippen LogP contribution in [0.2, 0.25) is 0 Å². The van der Waals surface area contributed by atoms with Gasteiger partial charge in [-0.25, -0.2) is 9.48 Å². The van der Waals surface area contributed by atoms with Crippen LogP contribution in [0.3, 0.4) is 0 Å². The number of nitrogens with one attached hydrogen (secondary N) is 1. The Labute approximate surface area is 185 Å². The minimum atomic E-state index is -0.852. The Balaban J connectivity index is 1.75. The van der Waals surface area contributed by atoms with Gasteiger partial charge in [-0.15, -0.1) is 0 Å². The molecule has 8 heteroatoms. The van der Waals surface area contributed by atoms with Crippen molar-refractivity contribution < 1.29 is 19.1 Å². The lowest BCUT2D eigenvalue weighted by atomic mass is 10.1. The standard InChI is InChI=1S/C24H25N3O5/c1-4-31-20-12-8-17(9-13-20)21-14-15-22(28)27(26-21)16(3)23(29)25-19-10-6-18(7-11-19)24(30)32-5-2/h6-16H,4-5H2,1-3H3,(H,25,29). The number of rotatable bonds is 8. The van der Waals surface area contributed by atoms with Crippen LogP contribution in [0.5, 0.6) is 5.75 Å². The molecule has 0 radical (unpaired) electrons. The minimum absolute atomic E-state index is 0.284. The van der Waals surface area contributed by atoms with Crippen molar-refractivity contribution in [2.45, 2.75) is 26.8 Å². The first-order chi connectivity index (χ1) is 15.4. The topological polar surface area (TPSA) is 99.5 Å². The van der Waals surface area contributed by atoms with Crippen molar-refractivity contribution in [3.63, 3.8) is 0 Å². The van der Waals surface area contributed by atoms with E-state index in [1.54, 1.807) is 44.2 Å². The Kier molecular flexibility index (Phi) is 7.38. The molecule has 1 unspecified atom stereocenters. The number of amides is 1. The first kappa shape index (κ1) is 22.7. The van der Waals surface area contributed by atoms with Crippen LogP contribution in [0.1, 0.15) is 37.2 Å². The average molecular weight is 435 g/mol. The zero-order valence-electron chi connectivity index (χ0n) is 18.2. The molecular formula is C24H25N3O5. The van der Waals surface area contributed by atoms with Gasteiger partial charge in [-0.1, -0.05) is 0 Å². The van der Waals surface area contributed by atoms with Crippen molar-refractivity contribution in [3.8, 4) is 17.0 Å². The van der Waals surface area contributed by atoms with E-state index in [0.717, 1.165) is 16.0 Å². The Bertz CT molecular complexity index is 1140. The summed E-state index contributed by atoms with van der Waals surface area (Å²) in [6.07, 6.45) is 0. The molecule has 1 aromatic heterocycles. The van der Waals surface area contributed by atoms with E-state index in [4.69, 9.17) is 9.47 Å². The van der Waals surface area contributed by atoms with Crippen molar-refractivity contribution in [3.05, 3.63) is 76.6 Å². The van der Waals surface area contributed by atoms with Crippen LogP contribution >= 0.6 is 0 Å². The van der Waals surface area contributed by atoms with E-state index in [1.807, 2.05) is 31.2 Å². The van der Waals surface area contributed by atoms with E-state index in [0.29, 0.717) is 23.6 Å². The Morgan fingerprint density at radius 3 is 2.28 bits per heavy atom. The third kappa shape index (κ3) is 5.40. The van der Waals surface area contributed by atoms with E-state index >= 15 is 0 Å². The number of hydrogen-bond donors (Lipinski definition) is 1. The molecule has 0 spiro atoms. The van der Waals surface area contributed by atoms with Gasteiger partial charge in [0.2, 0.25) is 5.91 Å². The molecule has 0 aliphatic carbocycles. The number of nitrogens with zero attached hydrogens (tertiary/aromatic N) is 2. The summed E-state index contributed by atoms with van der Waals surface area (Å²) in [5.74, 6) is -0.0979. The third-order valence-electron chi connectivity index (χ3n) is 4.70. The molecule has 0 bridgehead atoms. The number of carbonyl (C=O) groups excluding carboxylic acids is 2. The summed E-state index contributed by atoms with van der Waals surface area (Å²) in [6, 6.07) is 15.8. The largest absolute Gasteiger partial charge is 0.494 e. The second-order valence-electron chi connectivity index (χ2n) is 6.92. The van der Waals surface area contributed by atoms with Gasteiger partial charge in [0.05, 0.1) is 24.5 Å². The number of hydrogen-bond acceptors (Lipinski definition) is 6. The predicted octanol–water partition coefficient (Wildman–Crippen LogP) is 3.69. The van der Waals surface area contributed by atoms with Crippen LogP contribution in [0.25, 0.3) is 11.3 Å². The summed E-state index contributed by atoms with van der Waals surface area (Å²) >= 11 is 0. The molecule has 0 fully saturated rings. The van der Waals surface area contributed by atoms with Crippen molar-refractivity contribution >= 4 is 17.6 Å². The van der Waals surface area contributed by atoms with Gasteiger partial charge in [-0.2, -0.15) is 5.10 Å². The fourth-order valence-corrected chi connectivity index (χ4v) is 3.01. The maximum Gasteiger partial charge on any atom is 0.338 e.